The van der Waals surface area contributed by atoms with Crippen LogP contribution in [-0.4, -0.2) is 49.5 Å². The Morgan fingerprint density at radius 1 is 0.765 bits per heavy atom. The van der Waals surface area contributed by atoms with Crippen LogP contribution in [0.2, 0.25) is 0 Å². The molecule has 2 aromatic carbocycles. The number of nitrogens with zero attached hydrogens (tertiary/aromatic N) is 2. The van der Waals surface area contributed by atoms with Gasteiger partial charge in [-0.15, -0.1) is 0 Å². The molecule has 0 unspecified atom stereocenters. The van der Waals surface area contributed by atoms with Crippen molar-refractivity contribution in [2.24, 2.45) is 0 Å². The zero-order valence-corrected chi connectivity index (χ0v) is 28.4. The predicted octanol–water partition coefficient (Wildman–Crippen LogP) is 7.15. The first-order valence-electron chi connectivity index (χ1n) is 15.5. The average molecular weight is 711 g/mol. The normalized spacial score (nSPS) is 10.9. The van der Waals surface area contributed by atoms with Crippen LogP contribution in [-0.2, 0) is 28.7 Å². The Morgan fingerprint density at radius 2 is 1.27 bits per heavy atom. The predicted molar refractivity (Wildman–Crippen MR) is 188 cm³/mol. The third kappa shape index (κ3) is 14.4. The van der Waals surface area contributed by atoms with Gasteiger partial charge in [0, 0.05) is 18.2 Å². The summed E-state index contributed by atoms with van der Waals surface area (Å²) in [6, 6.07) is 18.1. The fourth-order valence-corrected chi connectivity index (χ4v) is 4.53. The van der Waals surface area contributed by atoms with Crippen LogP contribution in [0.5, 0.6) is 17.4 Å². The molecule has 262 valence electrons. The Labute approximate surface area is 299 Å². The number of carbonyl (C=O) groups excluding carboxylic acids is 4. The molecule has 0 saturated heterocycles. The van der Waals surface area contributed by atoms with Crippen LogP contribution in [0.1, 0.15) is 36.8 Å². The van der Waals surface area contributed by atoms with Gasteiger partial charge in [0.2, 0.25) is 10.8 Å². The molecular formula is C38H34N2O10S. The Kier molecular flexibility index (Phi) is 16.6. The lowest BCUT2D eigenvalue weighted by molar-refractivity contribution is -0.138. The molecule has 0 atom stereocenters. The molecule has 0 radical (unpaired) electrons. The zero-order chi connectivity index (χ0) is 36.8. The van der Waals surface area contributed by atoms with E-state index in [1.54, 1.807) is 48.5 Å². The Morgan fingerprint density at radius 3 is 1.76 bits per heavy atom. The van der Waals surface area contributed by atoms with Crippen molar-refractivity contribution < 1.29 is 47.3 Å². The molecule has 0 amide bonds. The highest BCUT2D eigenvalue weighted by Gasteiger charge is 2.18. The summed E-state index contributed by atoms with van der Waals surface area (Å²) in [6.45, 7) is 15.5. The largest absolute Gasteiger partial charge is 0.494 e. The summed E-state index contributed by atoms with van der Waals surface area (Å²) in [6.07, 6.45) is 7.61. The summed E-state index contributed by atoms with van der Waals surface area (Å²) in [7, 11) is 0. The second-order valence-electron chi connectivity index (χ2n) is 10.2. The minimum atomic E-state index is -0.963. The molecule has 0 fully saturated rings. The van der Waals surface area contributed by atoms with E-state index in [4.69, 9.17) is 34.7 Å². The summed E-state index contributed by atoms with van der Waals surface area (Å²) in [4.78, 5) is 50.9. The Hall–Kier alpha value is -6.31. The van der Waals surface area contributed by atoms with Gasteiger partial charge in [-0.05, 0) is 91.1 Å². The smallest absolute Gasteiger partial charge is 0.356 e. The highest BCUT2D eigenvalue weighted by Crippen LogP contribution is 2.30. The van der Waals surface area contributed by atoms with Gasteiger partial charge >= 0.3 is 17.9 Å². The molecular weight excluding hydrogens is 676 g/mol. The van der Waals surface area contributed by atoms with Crippen molar-refractivity contribution in [1.82, 2.24) is 0 Å². The quantitative estimate of drug-likeness (QED) is 0.0292. The van der Waals surface area contributed by atoms with E-state index in [0.717, 1.165) is 12.2 Å². The van der Waals surface area contributed by atoms with Crippen LogP contribution in [0.4, 0.5) is 0 Å². The number of esters is 3. The summed E-state index contributed by atoms with van der Waals surface area (Å²) in [5.41, 5.74) is 0.706. The molecule has 51 heavy (non-hydrogen) atoms. The van der Waals surface area contributed by atoms with Crippen LogP contribution >= 0.6 is 11.8 Å². The maximum Gasteiger partial charge on any atom is 0.356 e. The molecule has 0 bridgehead atoms. The van der Waals surface area contributed by atoms with Crippen molar-refractivity contribution in [3.63, 3.8) is 0 Å². The van der Waals surface area contributed by atoms with Gasteiger partial charge in [-0.25, -0.2) is 19.2 Å². The number of benzene rings is 2. The van der Waals surface area contributed by atoms with E-state index in [9.17, 15) is 24.4 Å². The second kappa shape index (κ2) is 21.6. The van der Waals surface area contributed by atoms with Crippen molar-refractivity contribution in [1.29, 1.82) is 5.26 Å². The van der Waals surface area contributed by atoms with E-state index in [0.29, 0.717) is 73.3 Å². The number of carbonyl (C=O) groups is 4. The molecule has 0 aliphatic rings. The zero-order valence-electron chi connectivity index (χ0n) is 27.5. The molecule has 0 aliphatic carbocycles. The van der Waals surface area contributed by atoms with Gasteiger partial charge in [0.25, 0.3) is 5.95 Å². The fourth-order valence-electron chi connectivity index (χ4n) is 3.87. The van der Waals surface area contributed by atoms with Crippen LogP contribution in [0, 0.1) is 17.9 Å². The molecule has 1 aromatic heterocycles. The van der Waals surface area contributed by atoms with Gasteiger partial charge in [-0.2, -0.15) is 5.26 Å². The minimum Gasteiger partial charge on any atom is -0.494 e. The van der Waals surface area contributed by atoms with Crippen LogP contribution in [0.25, 0.3) is 17.0 Å². The first-order valence-corrected chi connectivity index (χ1v) is 16.4. The van der Waals surface area contributed by atoms with Gasteiger partial charge in [0.15, 0.2) is 5.09 Å². The number of thioether (sulfide) groups is 1. The summed E-state index contributed by atoms with van der Waals surface area (Å²) >= 11 is 0.641. The maximum atomic E-state index is 12.8. The number of nitriles is 1. The fraction of sp³-hybridized carbons (Fsp3) is 0.211. The topological polar surface area (TPSA) is 156 Å². The molecule has 0 saturated carbocycles. The second-order valence-corrected chi connectivity index (χ2v) is 11.1. The van der Waals surface area contributed by atoms with Gasteiger partial charge in [0.1, 0.15) is 23.1 Å². The highest BCUT2D eigenvalue weighted by molar-refractivity contribution is 8.14. The van der Waals surface area contributed by atoms with Crippen molar-refractivity contribution in [2.45, 2.75) is 30.8 Å². The molecule has 0 spiro atoms. The molecule has 3 rings (SSSR count). The van der Waals surface area contributed by atoms with Gasteiger partial charge in [0.05, 0.1) is 33.0 Å². The van der Waals surface area contributed by atoms with Gasteiger partial charge < -0.3 is 28.1 Å². The third-order valence-electron chi connectivity index (χ3n) is 6.42. The number of hydrogen-bond acceptors (Lipinski definition) is 12. The SMILES string of the molecule is [C-]#[N+]/C(=C\c1ccc(OCCCCOC(=O)C=C)cc1)C(=O)Sc1ccc(OC(=O)/C(C#N)=C/c2ccc(OCCCCOC(=O)C=C)cc2)o1. The van der Waals surface area contributed by atoms with Crippen molar-refractivity contribution in [3.05, 3.63) is 120 Å². The molecule has 0 aliphatic heterocycles. The Bertz CT molecular complexity index is 1700. The van der Waals surface area contributed by atoms with Crippen molar-refractivity contribution in [3.8, 4) is 23.5 Å². The van der Waals surface area contributed by atoms with E-state index < -0.39 is 23.0 Å². The minimum absolute atomic E-state index is 0.0798. The number of rotatable bonds is 20. The maximum absolute atomic E-state index is 12.8. The number of hydrogen-bond donors (Lipinski definition) is 0. The van der Waals surface area contributed by atoms with E-state index in [1.165, 1.54) is 24.3 Å². The van der Waals surface area contributed by atoms with Crippen molar-refractivity contribution >= 4 is 46.9 Å². The third-order valence-corrected chi connectivity index (χ3v) is 7.24. The number of ether oxygens (including phenoxy) is 5. The number of furan rings is 1. The monoisotopic (exact) mass is 710 g/mol. The molecule has 3 aromatic rings. The molecule has 0 N–H and O–H groups in total. The van der Waals surface area contributed by atoms with Crippen LogP contribution < -0.4 is 14.2 Å². The standard InChI is InChI=1S/C38H34N2O10S/c1-4-33(41)47-22-8-6-20-45-30-14-10-27(11-15-30)24-29(26-39)37(43)50-35-18-19-36(49-35)51-38(44)32(40-3)25-28-12-16-31(17-13-28)46-21-7-9-23-48-34(42)5-2/h4-5,10-19,24-25H,1-2,6-9,20-23H2/b29-24+,32-25-. The lowest BCUT2D eigenvalue weighted by atomic mass is 10.1. The average Bonchev–Trinajstić information content (AvgIpc) is 3.59. The van der Waals surface area contributed by atoms with Gasteiger partial charge in [-0.3, -0.25) is 4.79 Å². The van der Waals surface area contributed by atoms with E-state index in [-0.39, 0.29) is 35.5 Å². The number of unbranched alkanes of at least 4 members (excludes halogenated alkanes) is 2. The van der Waals surface area contributed by atoms with Crippen LogP contribution in [0.3, 0.4) is 0 Å². The van der Waals surface area contributed by atoms with E-state index >= 15 is 0 Å². The lowest BCUT2D eigenvalue weighted by Crippen LogP contribution is -2.09. The summed E-state index contributed by atoms with van der Waals surface area (Å²) in [5, 5.41) is 9.04. The van der Waals surface area contributed by atoms with E-state index in [1.807, 2.05) is 6.07 Å². The molecule has 1 heterocycles. The summed E-state index contributed by atoms with van der Waals surface area (Å²) < 4.78 is 31.8. The first kappa shape index (κ1) is 39.1. The van der Waals surface area contributed by atoms with E-state index in [2.05, 4.69) is 18.0 Å². The first-order chi connectivity index (χ1) is 24.7. The summed E-state index contributed by atoms with van der Waals surface area (Å²) in [5.74, 6) is -0.946. The van der Waals surface area contributed by atoms with Gasteiger partial charge in [-0.1, -0.05) is 37.4 Å². The lowest BCUT2D eigenvalue weighted by Gasteiger charge is -2.07. The van der Waals surface area contributed by atoms with Crippen molar-refractivity contribution in [2.75, 3.05) is 26.4 Å². The molecule has 13 heteroatoms. The Balaban J connectivity index is 1.47. The highest BCUT2D eigenvalue weighted by atomic mass is 32.2. The molecule has 12 nitrogen and oxygen atoms in total. The van der Waals surface area contributed by atoms with Crippen LogP contribution in [0.15, 0.2) is 107 Å².